The quantitative estimate of drug-likeness (QED) is 0.719. The van der Waals surface area contributed by atoms with Crippen LogP contribution in [-0.2, 0) is 28.2 Å². The van der Waals surface area contributed by atoms with Crippen LogP contribution < -0.4 is 5.32 Å². The normalized spacial score (nSPS) is 21.9. The van der Waals surface area contributed by atoms with Gasteiger partial charge in [-0.05, 0) is 56.9 Å². The fourth-order valence-electron chi connectivity index (χ4n) is 3.89. The predicted molar refractivity (Wildman–Crippen MR) is 115 cm³/mol. The van der Waals surface area contributed by atoms with Crippen LogP contribution >= 0.6 is 0 Å². The van der Waals surface area contributed by atoms with Gasteiger partial charge in [0.25, 0.3) is 0 Å². The van der Waals surface area contributed by atoms with Crippen LogP contribution in [0.3, 0.4) is 0 Å². The third-order valence-corrected chi connectivity index (χ3v) is 5.56. The zero-order chi connectivity index (χ0) is 22.1. The maximum absolute atomic E-state index is 12.3. The first-order chi connectivity index (χ1) is 14.0. The van der Waals surface area contributed by atoms with E-state index in [9.17, 15) is 14.7 Å². The van der Waals surface area contributed by atoms with Crippen molar-refractivity contribution in [3.8, 4) is 0 Å². The topological polar surface area (TPSA) is 78.9 Å². The molecule has 2 aliphatic rings. The van der Waals surface area contributed by atoms with Gasteiger partial charge in [-0.3, -0.25) is 4.90 Å². The summed E-state index contributed by atoms with van der Waals surface area (Å²) in [5.41, 5.74) is 2.34. The standard InChI is InChI=1S/C15H19NO4.C9H11N/c1-14(2,3)20-13(19)16-9-10-7-5-6-8-11(10)15(16,4)12(17)18;1-7-9-5-3-2-4-8(9)6-10-7/h5-8H,9H2,1-4H3,(H,17,18);2-5,7,10H,6H2,1H3. The number of nitrogens with one attached hydrogen (secondary N) is 1. The summed E-state index contributed by atoms with van der Waals surface area (Å²) in [6, 6.07) is 16.3. The first kappa shape index (κ1) is 21.8. The molecule has 2 aliphatic heterocycles. The van der Waals surface area contributed by atoms with Crippen molar-refractivity contribution >= 4 is 12.1 Å². The first-order valence-electron chi connectivity index (χ1n) is 10.2. The van der Waals surface area contributed by atoms with Crippen LogP contribution in [0.25, 0.3) is 0 Å². The number of hydrogen-bond acceptors (Lipinski definition) is 4. The summed E-state index contributed by atoms with van der Waals surface area (Å²) in [4.78, 5) is 25.3. The molecule has 30 heavy (non-hydrogen) atoms. The molecule has 0 aromatic heterocycles. The van der Waals surface area contributed by atoms with Gasteiger partial charge < -0.3 is 15.2 Å². The van der Waals surface area contributed by atoms with E-state index in [4.69, 9.17) is 4.74 Å². The van der Waals surface area contributed by atoms with Crippen LogP contribution in [0.2, 0.25) is 0 Å². The lowest BCUT2D eigenvalue weighted by Crippen LogP contribution is -2.49. The molecular weight excluding hydrogens is 380 g/mol. The fourth-order valence-corrected chi connectivity index (χ4v) is 3.89. The van der Waals surface area contributed by atoms with E-state index in [-0.39, 0.29) is 6.54 Å². The van der Waals surface area contributed by atoms with Gasteiger partial charge >= 0.3 is 12.1 Å². The lowest BCUT2D eigenvalue weighted by atomic mass is 9.92. The number of carbonyl (C=O) groups is 2. The minimum atomic E-state index is -1.39. The van der Waals surface area contributed by atoms with Crippen LogP contribution in [0.1, 0.15) is 62.9 Å². The number of fused-ring (bicyclic) bond motifs is 2. The van der Waals surface area contributed by atoms with Crippen molar-refractivity contribution in [1.29, 1.82) is 0 Å². The number of hydrogen-bond donors (Lipinski definition) is 2. The van der Waals surface area contributed by atoms with E-state index in [0.29, 0.717) is 11.6 Å². The van der Waals surface area contributed by atoms with Gasteiger partial charge in [0.2, 0.25) is 0 Å². The Labute approximate surface area is 177 Å². The van der Waals surface area contributed by atoms with E-state index in [1.165, 1.54) is 23.0 Å². The SMILES string of the molecule is CC(C)(C)OC(=O)N1Cc2ccccc2C1(C)C(=O)O.CC1NCc2ccccc21. The molecule has 0 bridgehead atoms. The second kappa shape index (κ2) is 8.11. The molecule has 0 aliphatic carbocycles. The molecule has 2 aromatic carbocycles. The number of aliphatic carboxylic acids is 1. The molecule has 0 saturated carbocycles. The van der Waals surface area contributed by atoms with Crippen LogP contribution in [0, 0.1) is 0 Å². The Kier molecular flexibility index (Phi) is 5.90. The van der Waals surface area contributed by atoms with Crippen molar-refractivity contribution < 1.29 is 19.4 Å². The number of carbonyl (C=O) groups excluding carboxylic acids is 1. The van der Waals surface area contributed by atoms with E-state index >= 15 is 0 Å². The molecule has 4 rings (SSSR count). The summed E-state index contributed by atoms with van der Waals surface area (Å²) in [6.07, 6.45) is -0.612. The number of ether oxygens (including phenoxy) is 1. The highest BCUT2D eigenvalue weighted by molar-refractivity contribution is 5.87. The lowest BCUT2D eigenvalue weighted by Gasteiger charge is -2.33. The Morgan fingerprint density at radius 3 is 2.30 bits per heavy atom. The van der Waals surface area contributed by atoms with Crippen molar-refractivity contribution in [3.63, 3.8) is 0 Å². The summed E-state index contributed by atoms with van der Waals surface area (Å²) in [6.45, 7) is 10.3. The number of carboxylic acids is 1. The molecule has 0 fully saturated rings. The highest BCUT2D eigenvalue weighted by Gasteiger charge is 2.51. The number of rotatable bonds is 1. The van der Waals surface area contributed by atoms with Crippen LogP contribution in [0.15, 0.2) is 48.5 Å². The van der Waals surface area contributed by atoms with Gasteiger partial charge in [-0.15, -0.1) is 0 Å². The van der Waals surface area contributed by atoms with Gasteiger partial charge in [0, 0.05) is 12.6 Å². The molecule has 160 valence electrons. The zero-order valence-electron chi connectivity index (χ0n) is 18.2. The average molecular weight is 411 g/mol. The van der Waals surface area contributed by atoms with Gasteiger partial charge in [0.05, 0.1) is 6.54 Å². The average Bonchev–Trinajstić information content (AvgIpc) is 3.21. The van der Waals surface area contributed by atoms with Gasteiger partial charge in [0.15, 0.2) is 5.54 Å². The Morgan fingerprint density at radius 2 is 1.70 bits per heavy atom. The predicted octanol–water partition coefficient (Wildman–Crippen LogP) is 4.59. The van der Waals surface area contributed by atoms with Crippen molar-refractivity contribution in [3.05, 3.63) is 70.8 Å². The highest BCUT2D eigenvalue weighted by Crippen LogP contribution is 2.40. The maximum Gasteiger partial charge on any atom is 0.411 e. The van der Waals surface area contributed by atoms with Crippen LogP contribution in [0.4, 0.5) is 4.79 Å². The summed E-state index contributed by atoms with van der Waals surface area (Å²) in [5.74, 6) is -1.06. The molecule has 2 atom stereocenters. The Balaban J connectivity index is 0.000000212. The maximum atomic E-state index is 12.3. The van der Waals surface area contributed by atoms with E-state index in [0.717, 1.165) is 12.1 Å². The van der Waals surface area contributed by atoms with Gasteiger partial charge in [-0.1, -0.05) is 48.5 Å². The van der Waals surface area contributed by atoms with Crippen LogP contribution in [-0.4, -0.2) is 27.7 Å². The molecule has 1 amide bonds. The van der Waals surface area contributed by atoms with Crippen molar-refractivity contribution in [1.82, 2.24) is 10.2 Å². The molecule has 0 spiro atoms. The molecule has 2 N–H and O–H groups in total. The van der Waals surface area contributed by atoms with Crippen molar-refractivity contribution in [2.75, 3.05) is 0 Å². The summed E-state index contributed by atoms with van der Waals surface area (Å²) in [7, 11) is 0. The number of carboxylic acid groups (broad SMARTS) is 1. The van der Waals surface area contributed by atoms with E-state index in [2.05, 4.69) is 36.5 Å². The molecule has 0 radical (unpaired) electrons. The number of amides is 1. The molecule has 0 saturated heterocycles. The second-order valence-corrected chi connectivity index (χ2v) is 8.90. The largest absolute Gasteiger partial charge is 0.479 e. The second-order valence-electron chi connectivity index (χ2n) is 8.90. The van der Waals surface area contributed by atoms with Crippen LogP contribution in [0.5, 0.6) is 0 Å². The summed E-state index contributed by atoms with van der Waals surface area (Å²) >= 11 is 0. The minimum Gasteiger partial charge on any atom is -0.479 e. The highest BCUT2D eigenvalue weighted by atomic mass is 16.6. The number of nitrogens with zero attached hydrogens (tertiary/aromatic N) is 1. The third-order valence-electron chi connectivity index (χ3n) is 5.56. The molecule has 2 unspecified atom stereocenters. The van der Waals surface area contributed by atoms with Gasteiger partial charge in [-0.25, -0.2) is 9.59 Å². The van der Waals surface area contributed by atoms with Gasteiger partial charge in [-0.2, -0.15) is 0 Å². The molecule has 6 heteroatoms. The van der Waals surface area contributed by atoms with E-state index in [1.807, 2.05) is 12.1 Å². The van der Waals surface area contributed by atoms with Crippen molar-refractivity contribution in [2.45, 2.75) is 64.9 Å². The lowest BCUT2D eigenvalue weighted by molar-refractivity contribution is -0.150. The summed E-state index contributed by atoms with van der Waals surface area (Å²) in [5, 5.41) is 13.0. The van der Waals surface area contributed by atoms with Crippen molar-refractivity contribution in [2.24, 2.45) is 0 Å². The molecular formula is C24H30N2O4. The van der Waals surface area contributed by atoms with E-state index in [1.54, 1.807) is 32.9 Å². The monoisotopic (exact) mass is 410 g/mol. The van der Waals surface area contributed by atoms with E-state index < -0.39 is 23.2 Å². The summed E-state index contributed by atoms with van der Waals surface area (Å²) < 4.78 is 5.32. The molecule has 2 heterocycles. The van der Waals surface area contributed by atoms with Gasteiger partial charge in [0.1, 0.15) is 5.60 Å². The zero-order valence-corrected chi connectivity index (χ0v) is 18.2. The first-order valence-corrected chi connectivity index (χ1v) is 10.2. The third kappa shape index (κ3) is 4.19. The molecule has 6 nitrogen and oxygen atoms in total. The smallest absolute Gasteiger partial charge is 0.411 e. The minimum absolute atomic E-state index is 0.244. The Morgan fingerprint density at radius 1 is 1.10 bits per heavy atom. The Bertz CT molecular complexity index is 950. The fraction of sp³-hybridized carbons (Fsp3) is 0.417. The number of benzene rings is 2. The molecule has 2 aromatic rings. The Hall–Kier alpha value is -2.86.